The van der Waals surface area contributed by atoms with Crippen molar-refractivity contribution in [3.05, 3.63) is 101 Å². The molecule has 3 aromatic carbocycles. The van der Waals surface area contributed by atoms with Crippen molar-refractivity contribution in [3.63, 3.8) is 0 Å². The van der Waals surface area contributed by atoms with Gasteiger partial charge in [0.05, 0.1) is 5.97 Å². The van der Waals surface area contributed by atoms with Crippen LogP contribution in [0.2, 0.25) is 0 Å². The highest BCUT2D eigenvalue weighted by atomic mass is 16.6. The largest absolute Gasteiger partial charge is 0.546 e. The van der Waals surface area contributed by atoms with Crippen molar-refractivity contribution in [2.45, 2.75) is 13.3 Å². The number of furan rings is 1. The molecule has 0 aliphatic carbocycles. The maximum absolute atomic E-state index is 10.7. The average Bonchev–Trinajstić information content (AvgIpc) is 3.14. The number of rotatable bonds is 9. The van der Waals surface area contributed by atoms with E-state index < -0.39 is 12.6 Å². The fourth-order valence-corrected chi connectivity index (χ4v) is 3.55. The lowest BCUT2D eigenvalue weighted by Crippen LogP contribution is -2.28. The molecule has 0 aliphatic rings. The minimum Gasteiger partial charge on any atom is -0.546 e. The van der Waals surface area contributed by atoms with Gasteiger partial charge in [-0.25, -0.2) is 0 Å². The molecule has 6 heteroatoms. The zero-order chi connectivity index (χ0) is 22.3. The highest BCUT2D eigenvalue weighted by molar-refractivity contribution is 6.12. The molecule has 0 spiro atoms. The van der Waals surface area contributed by atoms with E-state index >= 15 is 0 Å². The lowest BCUT2D eigenvalue weighted by Gasteiger charge is -2.08. The second-order valence-corrected chi connectivity index (χ2v) is 7.19. The van der Waals surface area contributed by atoms with Crippen molar-refractivity contribution in [1.82, 2.24) is 0 Å². The Hall–Kier alpha value is -4.06. The van der Waals surface area contributed by atoms with Crippen LogP contribution in [0.4, 0.5) is 0 Å². The number of para-hydroxylation sites is 1. The van der Waals surface area contributed by atoms with E-state index in [9.17, 15) is 9.90 Å². The number of carboxylic acids is 1. The molecule has 1 aromatic heterocycles. The van der Waals surface area contributed by atoms with Crippen LogP contribution in [-0.4, -0.2) is 24.9 Å². The highest BCUT2D eigenvalue weighted by Gasteiger charge is 2.15. The van der Waals surface area contributed by atoms with E-state index in [0.717, 1.165) is 33.5 Å². The number of hydrogen-bond acceptors (Lipinski definition) is 6. The number of aliphatic carboxylic acids is 1. The number of aryl methyl sites for hydroxylation is 1. The Bertz CT molecular complexity index is 1190. The Labute approximate surface area is 185 Å². The first-order valence-corrected chi connectivity index (χ1v) is 10.3. The molecule has 4 rings (SSSR count). The molecular formula is C26H22NO5-. The monoisotopic (exact) mass is 428 g/mol. The Morgan fingerprint density at radius 1 is 0.938 bits per heavy atom. The lowest BCUT2D eigenvalue weighted by atomic mass is 10.0. The fourth-order valence-electron chi connectivity index (χ4n) is 3.55. The quantitative estimate of drug-likeness (QED) is 0.229. The topological polar surface area (TPSA) is 84.1 Å². The summed E-state index contributed by atoms with van der Waals surface area (Å²) in [6.45, 7) is 1.68. The van der Waals surface area contributed by atoms with Gasteiger partial charge in [0, 0.05) is 28.5 Å². The van der Waals surface area contributed by atoms with Gasteiger partial charge in [-0.05, 0) is 13.0 Å². The summed E-state index contributed by atoms with van der Waals surface area (Å²) in [7, 11) is 0. The fraction of sp³-hybridized carbons (Fsp3) is 0.154. The number of carbonyl (C=O) groups is 1. The minimum absolute atomic E-state index is 0.350. The number of nitrogens with zero attached hydrogens (tertiary/aromatic N) is 1. The molecule has 32 heavy (non-hydrogen) atoms. The third kappa shape index (κ3) is 4.81. The molecule has 0 bridgehead atoms. The summed E-state index contributed by atoms with van der Waals surface area (Å²) in [5, 5.41) is 16.0. The molecule has 6 nitrogen and oxygen atoms in total. The van der Waals surface area contributed by atoms with E-state index in [2.05, 4.69) is 5.16 Å². The van der Waals surface area contributed by atoms with Crippen LogP contribution in [0.3, 0.4) is 0 Å². The molecular weight excluding hydrogens is 406 g/mol. The van der Waals surface area contributed by atoms with Crippen molar-refractivity contribution in [3.8, 4) is 5.75 Å². The van der Waals surface area contributed by atoms with E-state index in [1.807, 2.05) is 73.7 Å². The second-order valence-electron chi connectivity index (χ2n) is 7.19. The van der Waals surface area contributed by atoms with Crippen molar-refractivity contribution in [2.24, 2.45) is 5.16 Å². The Kier molecular flexibility index (Phi) is 6.51. The average molecular weight is 428 g/mol. The van der Waals surface area contributed by atoms with Crippen LogP contribution in [0.5, 0.6) is 5.75 Å². The summed E-state index contributed by atoms with van der Waals surface area (Å²) < 4.78 is 11.1. The summed E-state index contributed by atoms with van der Waals surface area (Å²) in [4.78, 5) is 16.4. The van der Waals surface area contributed by atoms with E-state index in [4.69, 9.17) is 14.0 Å². The van der Waals surface area contributed by atoms with Gasteiger partial charge in [-0.1, -0.05) is 78.0 Å². The highest BCUT2D eigenvalue weighted by Crippen LogP contribution is 2.33. The normalized spacial score (nSPS) is 10.7. The molecule has 162 valence electrons. The summed E-state index contributed by atoms with van der Waals surface area (Å²) >= 11 is 0. The maximum Gasteiger partial charge on any atom is 0.176 e. The summed E-state index contributed by atoms with van der Waals surface area (Å²) in [5.41, 5.74) is 4.18. The van der Waals surface area contributed by atoms with Crippen LogP contribution in [0.15, 0.2) is 88.4 Å². The smallest absolute Gasteiger partial charge is 0.176 e. The molecule has 0 saturated heterocycles. The van der Waals surface area contributed by atoms with Crippen LogP contribution in [0, 0.1) is 6.92 Å². The molecule has 0 atom stereocenters. The van der Waals surface area contributed by atoms with Crippen molar-refractivity contribution in [1.29, 1.82) is 0 Å². The van der Waals surface area contributed by atoms with Crippen LogP contribution in [-0.2, 0) is 16.1 Å². The molecule has 0 N–H and O–H groups in total. The predicted octanol–water partition coefficient (Wildman–Crippen LogP) is 3.88. The molecule has 0 saturated carbocycles. The number of benzene rings is 3. The Morgan fingerprint density at radius 2 is 1.59 bits per heavy atom. The molecule has 0 amide bonds. The molecule has 0 unspecified atom stereocenters. The van der Waals surface area contributed by atoms with Crippen LogP contribution >= 0.6 is 0 Å². The number of carboxylic acid groups (broad SMARTS) is 1. The first kappa shape index (κ1) is 21.2. The van der Waals surface area contributed by atoms with E-state index in [1.54, 1.807) is 12.1 Å². The third-order valence-corrected chi connectivity index (χ3v) is 5.02. The second kappa shape index (κ2) is 9.83. The van der Waals surface area contributed by atoms with Crippen LogP contribution in [0.1, 0.15) is 22.5 Å². The van der Waals surface area contributed by atoms with Gasteiger partial charge in [0.25, 0.3) is 0 Å². The van der Waals surface area contributed by atoms with E-state index in [0.29, 0.717) is 24.4 Å². The van der Waals surface area contributed by atoms with E-state index in [-0.39, 0.29) is 0 Å². The number of hydrogen-bond donors (Lipinski definition) is 0. The first-order valence-electron chi connectivity index (χ1n) is 10.3. The number of oxime groups is 1. The standard InChI is InChI=1S/C26H23NO5/c1-18-21(22-13-8-14-23(26(22)32-18)30-17-24(28)29)15-16-31-27-25(19-9-4-2-5-10-19)20-11-6-3-7-12-20/h2-14H,15-17H2,1H3,(H,28,29)/p-1. The molecule has 0 aliphatic heterocycles. The predicted molar refractivity (Wildman–Crippen MR) is 120 cm³/mol. The Balaban J connectivity index is 1.52. The van der Waals surface area contributed by atoms with Gasteiger partial charge < -0.3 is 23.9 Å². The van der Waals surface area contributed by atoms with Gasteiger partial charge in [0.15, 0.2) is 11.3 Å². The third-order valence-electron chi connectivity index (χ3n) is 5.02. The Morgan fingerprint density at radius 3 is 2.22 bits per heavy atom. The van der Waals surface area contributed by atoms with Gasteiger partial charge in [-0.15, -0.1) is 0 Å². The number of fused-ring (bicyclic) bond motifs is 1. The molecule has 0 radical (unpaired) electrons. The van der Waals surface area contributed by atoms with Crippen LogP contribution in [0.25, 0.3) is 11.0 Å². The summed E-state index contributed by atoms with van der Waals surface area (Å²) in [6.07, 6.45) is 0.573. The zero-order valence-electron chi connectivity index (χ0n) is 17.6. The van der Waals surface area contributed by atoms with Crippen molar-refractivity contribution >= 4 is 22.7 Å². The van der Waals surface area contributed by atoms with Crippen molar-refractivity contribution in [2.75, 3.05) is 13.2 Å². The number of ether oxygens (including phenoxy) is 1. The summed E-state index contributed by atoms with van der Waals surface area (Å²) in [6, 6.07) is 25.2. The maximum atomic E-state index is 10.7. The summed E-state index contributed by atoms with van der Waals surface area (Å²) in [5.74, 6) is -0.191. The molecule has 1 heterocycles. The number of carbonyl (C=O) groups excluding carboxylic acids is 1. The van der Waals surface area contributed by atoms with Gasteiger partial charge in [-0.3, -0.25) is 0 Å². The van der Waals surface area contributed by atoms with E-state index in [1.165, 1.54) is 0 Å². The van der Waals surface area contributed by atoms with Crippen LogP contribution < -0.4 is 9.84 Å². The lowest BCUT2D eigenvalue weighted by molar-refractivity contribution is -0.307. The van der Waals surface area contributed by atoms with Gasteiger partial charge >= 0.3 is 0 Å². The van der Waals surface area contributed by atoms with Gasteiger partial charge in [0.2, 0.25) is 0 Å². The van der Waals surface area contributed by atoms with Crippen molar-refractivity contribution < 1.29 is 23.9 Å². The SMILES string of the molecule is Cc1oc2c(OCC(=O)[O-])cccc2c1CCON=C(c1ccccc1)c1ccccc1. The van der Waals surface area contributed by atoms with Gasteiger partial charge in [0.1, 0.15) is 24.7 Å². The minimum atomic E-state index is -1.29. The zero-order valence-corrected chi connectivity index (χ0v) is 17.6. The molecule has 4 aromatic rings. The van der Waals surface area contributed by atoms with Gasteiger partial charge in [-0.2, -0.15) is 0 Å². The first-order chi connectivity index (χ1) is 15.6. The molecule has 0 fully saturated rings.